The van der Waals surface area contributed by atoms with Crippen molar-refractivity contribution < 1.29 is 23.0 Å². The third-order valence-electron chi connectivity index (χ3n) is 4.18. The zero-order chi connectivity index (χ0) is 17.1. The first-order chi connectivity index (χ1) is 11.4. The summed E-state index contributed by atoms with van der Waals surface area (Å²) in [5, 5.41) is 0. The van der Waals surface area contributed by atoms with Gasteiger partial charge >= 0.3 is 8.03 Å². The summed E-state index contributed by atoms with van der Waals surface area (Å²) in [5.74, 6) is 0.0989. The first-order valence-corrected chi connectivity index (χ1v) is 8.76. The Balaban J connectivity index is 1.70. The molecule has 0 spiro atoms. The van der Waals surface area contributed by atoms with Gasteiger partial charge in [-0.1, -0.05) is 0 Å². The molecule has 2 aliphatic rings. The second-order valence-corrected chi connectivity index (χ2v) is 6.89. The Bertz CT molecular complexity index is 833. The van der Waals surface area contributed by atoms with Crippen molar-refractivity contribution in [1.29, 1.82) is 0 Å². The Morgan fingerprint density at radius 1 is 1.54 bits per heavy atom. The highest BCUT2D eigenvalue weighted by Gasteiger charge is 2.64. The third-order valence-corrected chi connectivity index (χ3v) is 4.67. The van der Waals surface area contributed by atoms with E-state index < -0.39 is 32.1 Å². The molecule has 24 heavy (non-hydrogen) atoms. The number of alkyl halides is 1. The summed E-state index contributed by atoms with van der Waals surface area (Å²) in [5.41, 5.74) is 10.8. The Morgan fingerprint density at radius 2 is 2.33 bits per heavy atom. The van der Waals surface area contributed by atoms with Crippen molar-refractivity contribution >= 4 is 31.0 Å². The van der Waals surface area contributed by atoms with E-state index in [0.29, 0.717) is 11.2 Å². The maximum atomic E-state index is 14.7. The normalized spacial score (nSPS) is 32.6. The summed E-state index contributed by atoms with van der Waals surface area (Å²) in [4.78, 5) is 12.1. The number of imidazole rings is 1. The predicted octanol–water partition coefficient (Wildman–Crippen LogP) is 0.384. The van der Waals surface area contributed by atoms with E-state index in [9.17, 15) is 8.96 Å². The van der Waals surface area contributed by atoms with E-state index in [4.69, 9.17) is 25.5 Å². The van der Waals surface area contributed by atoms with Crippen LogP contribution in [0.15, 0.2) is 6.33 Å². The van der Waals surface area contributed by atoms with Crippen molar-refractivity contribution in [1.82, 2.24) is 19.5 Å². The highest BCUT2D eigenvalue weighted by molar-refractivity contribution is 7.38. The van der Waals surface area contributed by atoms with Crippen molar-refractivity contribution in [3.63, 3.8) is 0 Å². The lowest BCUT2D eigenvalue weighted by Crippen LogP contribution is -2.42. The van der Waals surface area contributed by atoms with Crippen LogP contribution in [-0.4, -0.2) is 57.3 Å². The van der Waals surface area contributed by atoms with Crippen molar-refractivity contribution in [3.05, 3.63) is 6.33 Å². The Morgan fingerprint density at radius 3 is 3.08 bits per heavy atom. The molecule has 2 aliphatic heterocycles. The third kappa shape index (κ3) is 2.16. The summed E-state index contributed by atoms with van der Waals surface area (Å²) in [6, 6.07) is 0. The fraction of sp³-hybridized carbons (Fsp3) is 0.583. The lowest BCUT2D eigenvalue weighted by molar-refractivity contribution is -0.180. The van der Waals surface area contributed by atoms with Gasteiger partial charge in [0.25, 0.3) is 0 Å². The van der Waals surface area contributed by atoms with Gasteiger partial charge in [-0.2, -0.15) is 9.97 Å². The van der Waals surface area contributed by atoms with E-state index in [0.717, 1.165) is 0 Å². The van der Waals surface area contributed by atoms with Crippen molar-refractivity contribution in [2.75, 3.05) is 31.3 Å². The topological polar surface area (TPSA) is 140 Å². The van der Waals surface area contributed by atoms with Crippen LogP contribution in [0.4, 0.5) is 16.2 Å². The highest BCUT2D eigenvalue weighted by Crippen LogP contribution is 2.48. The molecule has 0 radical (unpaired) electrons. The molecule has 4 heterocycles. The smallest absolute Gasteiger partial charge is 0.382 e. The first-order valence-electron chi connectivity index (χ1n) is 7.14. The molecule has 2 fully saturated rings. The number of nitrogens with two attached hydrogens (primary N) is 2. The molecule has 2 aromatic rings. The molecule has 2 aromatic heterocycles. The van der Waals surface area contributed by atoms with E-state index in [1.165, 1.54) is 17.6 Å². The number of hydrogen-bond donors (Lipinski definition) is 2. The van der Waals surface area contributed by atoms with Crippen LogP contribution in [0, 0.1) is 0 Å². The second-order valence-electron chi connectivity index (χ2n) is 5.75. The molecule has 4 rings (SSSR count). The molecule has 0 aromatic carbocycles. The Kier molecular flexibility index (Phi) is 3.43. The van der Waals surface area contributed by atoms with Crippen LogP contribution >= 0.6 is 8.03 Å². The predicted molar refractivity (Wildman–Crippen MR) is 81.1 cm³/mol. The van der Waals surface area contributed by atoms with E-state index >= 15 is 0 Å². The minimum absolute atomic E-state index is 0.0183. The van der Waals surface area contributed by atoms with Gasteiger partial charge in [-0.05, 0) is 4.57 Å². The quantitative estimate of drug-likeness (QED) is 0.743. The summed E-state index contributed by atoms with van der Waals surface area (Å²) in [6.07, 6.45) is -1.69. The van der Waals surface area contributed by atoms with Gasteiger partial charge < -0.3 is 20.9 Å². The molecule has 4 N–H and O–H groups in total. The molecule has 2 saturated heterocycles. The van der Waals surface area contributed by atoms with E-state index in [1.807, 2.05) is 0 Å². The average molecular weight is 357 g/mol. The second kappa shape index (κ2) is 5.28. The molecule has 0 aliphatic carbocycles. The number of nitrogen functional groups attached to an aromatic ring is 2. The van der Waals surface area contributed by atoms with Gasteiger partial charge in [-0.15, -0.1) is 4.52 Å². The summed E-state index contributed by atoms with van der Waals surface area (Å²) in [7, 11) is -1.88. The molecule has 0 saturated carbocycles. The molecule has 128 valence electrons. The maximum Gasteiger partial charge on any atom is 0.504 e. The minimum atomic E-state index is -1.88. The molecular weight excluding hydrogens is 342 g/mol. The van der Waals surface area contributed by atoms with E-state index in [2.05, 4.69) is 15.0 Å². The number of nitrogens with zero attached hydrogens (tertiary/aromatic N) is 4. The SMILES string of the molecule is C[P+](=O)OC[C@@]12CO[C@@H]([C@H](n3cnc4c(N)nc(N)nc43)O1)[C@@H]2F. The van der Waals surface area contributed by atoms with Gasteiger partial charge in [0.2, 0.25) is 5.95 Å². The van der Waals surface area contributed by atoms with Crippen LogP contribution in [0.1, 0.15) is 6.23 Å². The maximum absolute atomic E-state index is 14.7. The standard InChI is InChI=1S/C12H15FN6O4P/c1-24(20)22-3-12-2-21-6(7(12)13)10(23-12)19-4-16-5-8(14)17-11(15)18-9(5)19/h4,6-7,10H,2-3H2,1H3,(H4,14,15,17,18)/q+1/t6-,7+,10-,12-/m1/s1. The highest BCUT2D eigenvalue weighted by atomic mass is 31.1. The molecule has 10 nitrogen and oxygen atoms in total. The van der Waals surface area contributed by atoms with Gasteiger partial charge in [0.1, 0.15) is 18.2 Å². The monoisotopic (exact) mass is 357 g/mol. The Labute approximate surface area is 136 Å². The summed E-state index contributed by atoms with van der Waals surface area (Å²) in [6.45, 7) is 1.24. The number of rotatable bonds is 4. The number of hydrogen-bond acceptors (Lipinski definition) is 9. The summed E-state index contributed by atoms with van der Waals surface area (Å²) < 4.78 is 43.9. The van der Waals surface area contributed by atoms with Crippen LogP contribution in [0.25, 0.3) is 11.2 Å². The molecule has 2 bridgehead atoms. The summed E-state index contributed by atoms with van der Waals surface area (Å²) >= 11 is 0. The van der Waals surface area contributed by atoms with Crippen molar-refractivity contribution in [2.45, 2.75) is 24.1 Å². The number of ether oxygens (including phenoxy) is 2. The lowest BCUT2D eigenvalue weighted by atomic mass is 10.0. The van der Waals surface area contributed by atoms with Crippen molar-refractivity contribution in [2.24, 2.45) is 0 Å². The van der Waals surface area contributed by atoms with Crippen LogP contribution in [0.5, 0.6) is 0 Å². The average Bonchev–Trinajstić information content (AvgIpc) is 3.15. The van der Waals surface area contributed by atoms with Crippen molar-refractivity contribution in [3.8, 4) is 0 Å². The number of aromatic nitrogens is 4. The van der Waals surface area contributed by atoms with E-state index in [1.54, 1.807) is 0 Å². The molecule has 5 atom stereocenters. The zero-order valence-corrected chi connectivity index (χ0v) is 13.5. The van der Waals surface area contributed by atoms with E-state index in [-0.39, 0.29) is 25.0 Å². The Hall–Kier alpha value is -1.94. The number of halogens is 1. The first kappa shape index (κ1) is 15.6. The van der Waals surface area contributed by atoms with Crippen LogP contribution in [0.3, 0.4) is 0 Å². The van der Waals surface area contributed by atoms with Gasteiger partial charge in [0.05, 0.1) is 12.9 Å². The molecule has 12 heteroatoms. The van der Waals surface area contributed by atoms with Crippen LogP contribution in [0.2, 0.25) is 0 Å². The van der Waals surface area contributed by atoms with Gasteiger partial charge in [0, 0.05) is 0 Å². The largest absolute Gasteiger partial charge is 0.504 e. The van der Waals surface area contributed by atoms with Gasteiger partial charge in [-0.3, -0.25) is 4.57 Å². The molecule has 1 unspecified atom stereocenters. The fourth-order valence-corrected chi connectivity index (χ4v) is 3.45. The van der Waals surface area contributed by atoms with Crippen LogP contribution in [-0.2, 0) is 18.6 Å². The fourth-order valence-electron chi connectivity index (χ4n) is 3.05. The number of anilines is 2. The van der Waals surface area contributed by atoms with Gasteiger partial charge in [-0.25, -0.2) is 9.37 Å². The molecule has 0 amide bonds. The van der Waals surface area contributed by atoms with Gasteiger partial charge in [0.15, 0.2) is 36.1 Å². The number of fused-ring (bicyclic) bond motifs is 3. The lowest BCUT2D eigenvalue weighted by Gasteiger charge is -2.29. The van der Waals surface area contributed by atoms with Crippen LogP contribution < -0.4 is 11.5 Å². The molecular formula is C12H15FN6O4P+. The minimum Gasteiger partial charge on any atom is -0.382 e. The zero-order valence-electron chi connectivity index (χ0n) is 12.6.